The van der Waals surface area contributed by atoms with Crippen LogP contribution in [0.3, 0.4) is 0 Å². The van der Waals surface area contributed by atoms with Crippen molar-refractivity contribution in [3.8, 4) is 0 Å². The Kier molecular flexibility index (Phi) is 6.70. The van der Waals surface area contributed by atoms with E-state index < -0.39 is 23.2 Å². The van der Waals surface area contributed by atoms with E-state index in [0.29, 0.717) is 3.63 Å². The Morgan fingerprint density at radius 2 is 1.84 bits per heavy atom. The van der Waals surface area contributed by atoms with Crippen LogP contribution in [-0.4, -0.2) is 9.55 Å². The predicted octanol–water partition coefficient (Wildman–Crippen LogP) is -0.959. The van der Waals surface area contributed by atoms with Crippen LogP contribution in [0, 0.1) is 0 Å². The quantitative estimate of drug-likeness (QED) is 0.589. The molecule has 2 aliphatic carbocycles. The average molecular weight is 451 g/mol. The van der Waals surface area contributed by atoms with Gasteiger partial charge in [0.25, 0.3) is 0 Å². The maximum atomic E-state index is 4.26. The molecule has 2 aromatic rings. The van der Waals surface area contributed by atoms with Crippen molar-refractivity contribution < 1.29 is 48.0 Å². The van der Waals surface area contributed by atoms with E-state index in [-0.39, 0.29) is 24.8 Å². The minimum absolute atomic E-state index is 0. The Balaban J connectivity index is 0.00000113. The van der Waals surface area contributed by atoms with Gasteiger partial charge in [0, 0.05) is 0 Å². The summed E-state index contributed by atoms with van der Waals surface area (Å²) in [5, 5.41) is 0. The number of rotatable bonds is 3. The second-order valence-electron chi connectivity index (χ2n) is 6.43. The van der Waals surface area contributed by atoms with Gasteiger partial charge >= 0.3 is 149 Å². The largest absolute Gasteiger partial charge is 1.00 e. The molecule has 1 aromatic heterocycles. The average Bonchev–Trinajstić information content (AvgIpc) is 3.25. The molecule has 25 heavy (non-hydrogen) atoms. The molecule has 2 aliphatic rings. The summed E-state index contributed by atoms with van der Waals surface area (Å²) in [5.41, 5.74) is 8.99. The van der Waals surface area contributed by atoms with E-state index in [4.69, 9.17) is 0 Å². The normalized spacial score (nSPS) is 18.4. The second kappa shape index (κ2) is 8.21. The van der Waals surface area contributed by atoms with Crippen LogP contribution in [0.2, 0.25) is 0 Å². The van der Waals surface area contributed by atoms with Crippen LogP contribution < -0.4 is 24.8 Å². The minimum Gasteiger partial charge on any atom is -1.00 e. The van der Waals surface area contributed by atoms with Gasteiger partial charge in [0.05, 0.1) is 0 Å². The van der Waals surface area contributed by atoms with Gasteiger partial charge in [-0.3, -0.25) is 0 Å². The molecule has 0 amide bonds. The van der Waals surface area contributed by atoms with E-state index in [9.17, 15) is 0 Å². The fourth-order valence-electron chi connectivity index (χ4n) is 3.50. The molecule has 0 fully saturated rings. The molecular formula is C20H20Cl2N2Zr. The molecule has 1 atom stereocenters. The van der Waals surface area contributed by atoms with Gasteiger partial charge in [0.1, 0.15) is 0 Å². The summed E-state index contributed by atoms with van der Waals surface area (Å²) in [5.74, 6) is 0. The molecule has 1 aromatic carbocycles. The number of allylic oxidation sites excluding steroid dienone is 5. The first kappa shape index (κ1) is 20.4. The number of hydrogen-bond acceptors (Lipinski definition) is 1. The van der Waals surface area contributed by atoms with Gasteiger partial charge in [0.2, 0.25) is 0 Å². The first-order valence-corrected chi connectivity index (χ1v) is 10.7. The summed E-state index contributed by atoms with van der Waals surface area (Å²) in [7, 11) is 0. The van der Waals surface area contributed by atoms with Crippen LogP contribution in [0.1, 0.15) is 41.9 Å². The van der Waals surface area contributed by atoms with Crippen molar-refractivity contribution in [1.82, 2.24) is 9.55 Å². The SMILES string of the molecule is CC1=C(C)C(C)=[C]([Zr+2][CH]2C(n3ccnc3)=Cc3ccccc32)C1.[Cl-].[Cl-]. The summed E-state index contributed by atoms with van der Waals surface area (Å²) in [6.45, 7) is 6.90. The van der Waals surface area contributed by atoms with Crippen LogP contribution in [0.15, 0.2) is 63.0 Å². The van der Waals surface area contributed by atoms with Crippen LogP contribution in [0.5, 0.6) is 0 Å². The Hall–Kier alpha value is -0.887. The van der Waals surface area contributed by atoms with Crippen molar-refractivity contribution in [3.05, 3.63) is 74.1 Å². The van der Waals surface area contributed by atoms with E-state index in [1.54, 1.807) is 14.4 Å². The van der Waals surface area contributed by atoms with E-state index in [1.807, 2.05) is 12.5 Å². The summed E-state index contributed by atoms with van der Waals surface area (Å²) in [6.07, 6.45) is 9.46. The van der Waals surface area contributed by atoms with Crippen molar-refractivity contribution in [2.75, 3.05) is 0 Å². The molecule has 0 N–H and O–H groups in total. The van der Waals surface area contributed by atoms with Gasteiger partial charge in [0.15, 0.2) is 0 Å². The van der Waals surface area contributed by atoms with E-state index >= 15 is 0 Å². The summed E-state index contributed by atoms with van der Waals surface area (Å²) in [6, 6.07) is 8.89. The molecule has 0 spiro atoms. The van der Waals surface area contributed by atoms with Crippen molar-refractivity contribution in [3.63, 3.8) is 0 Å². The standard InChI is InChI=1S/C12H9N2.C8H11.2ClH.Zr/c1-2-4-11-8-12(7-10(11)3-1)14-6-5-13-9-14;1-6-4-5-7(2)8(6)3;;;/h1-9H;4H2,1-3H3;2*1H;/q;;;;+2/p-2. The monoisotopic (exact) mass is 448 g/mol. The Bertz CT molecular complexity index is 864. The molecule has 0 bridgehead atoms. The molecule has 0 radical (unpaired) electrons. The predicted molar refractivity (Wildman–Crippen MR) is 91.3 cm³/mol. The maximum Gasteiger partial charge on any atom is -1.00 e. The molecule has 0 aliphatic heterocycles. The maximum absolute atomic E-state index is 4.26. The molecule has 2 nitrogen and oxygen atoms in total. The minimum atomic E-state index is -0.741. The van der Waals surface area contributed by atoms with Gasteiger partial charge in [-0.15, -0.1) is 0 Å². The van der Waals surface area contributed by atoms with Crippen molar-refractivity contribution in [1.29, 1.82) is 0 Å². The number of benzene rings is 1. The smallest absolute Gasteiger partial charge is 1.00 e. The second-order valence-corrected chi connectivity index (χ2v) is 10.0. The molecule has 1 heterocycles. The number of hydrogen-bond donors (Lipinski definition) is 0. The van der Waals surface area contributed by atoms with Crippen LogP contribution in [-0.2, 0) is 23.2 Å². The fourth-order valence-corrected chi connectivity index (χ4v) is 8.22. The first-order chi connectivity index (χ1) is 11.1. The number of aromatic nitrogens is 2. The number of nitrogens with zero attached hydrogens (tertiary/aromatic N) is 2. The van der Waals surface area contributed by atoms with E-state index in [0.717, 1.165) is 0 Å². The third-order valence-electron chi connectivity index (χ3n) is 5.12. The topological polar surface area (TPSA) is 17.8 Å². The third-order valence-corrected chi connectivity index (χ3v) is 9.54. The summed E-state index contributed by atoms with van der Waals surface area (Å²) < 4.78 is 4.56. The van der Waals surface area contributed by atoms with Crippen LogP contribution in [0.4, 0.5) is 0 Å². The zero-order valence-corrected chi connectivity index (χ0v) is 18.5. The van der Waals surface area contributed by atoms with Gasteiger partial charge in [-0.25, -0.2) is 0 Å². The molecule has 0 saturated heterocycles. The van der Waals surface area contributed by atoms with E-state index in [2.05, 4.69) is 66.9 Å². The molecule has 4 rings (SSSR count). The van der Waals surface area contributed by atoms with Gasteiger partial charge in [-0.2, -0.15) is 0 Å². The molecular weight excluding hydrogens is 430 g/mol. The fraction of sp³-hybridized carbons (Fsp3) is 0.250. The Morgan fingerprint density at radius 3 is 2.48 bits per heavy atom. The van der Waals surface area contributed by atoms with Gasteiger partial charge in [-0.1, -0.05) is 0 Å². The molecule has 5 heteroatoms. The number of fused-ring (bicyclic) bond motifs is 1. The number of imidazole rings is 1. The zero-order chi connectivity index (χ0) is 16.0. The van der Waals surface area contributed by atoms with Gasteiger partial charge < -0.3 is 24.8 Å². The summed E-state index contributed by atoms with van der Waals surface area (Å²) in [4.78, 5) is 4.26. The van der Waals surface area contributed by atoms with Crippen molar-refractivity contribution in [2.24, 2.45) is 0 Å². The van der Waals surface area contributed by atoms with Crippen LogP contribution >= 0.6 is 0 Å². The zero-order valence-electron chi connectivity index (χ0n) is 14.6. The molecule has 0 saturated carbocycles. The Labute approximate surface area is 173 Å². The first-order valence-electron chi connectivity index (χ1n) is 8.07. The van der Waals surface area contributed by atoms with Gasteiger partial charge in [-0.05, 0) is 0 Å². The Morgan fingerprint density at radius 1 is 1.08 bits per heavy atom. The van der Waals surface area contributed by atoms with Crippen molar-refractivity contribution in [2.45, 2.75) is 30.8 Å². The third kappa shape index (κ3) is 3.65. The molecule has 1 unspecified atom stereocenters. The van der Waals surface area contributed by atoms with E-state index in [1.165, 1.54) is 28.8 Å². The van der Waals surface area contributed by atoms with Crippen LogP contribution in [0.25, 0.3) is 11.8 Å². The number of halogens is 2. The van der Waals surface area contributed by atoms with Crippen molar-refractivity contribution >= 4 is 11.8 Å². The summed E-state index contributed by atoms with van der Waals surface area (Å²) >= 11 is -0.741. The molecule has 128 valence electrons.